The molecule has 0 radical (unpaired) electrons. The summed E-state index contributed by atoms with van der Waals surface area (Å²) in [5.74, 6) is 1.34. The van der Waals surface area contributed by atoms with E-state index in [0.717, 1.165) is 0 Å². The smallest absolute Gasteiger partial charge is 0.262 e. The minimum absolute atomic E-state index is 0.0583. The molecule has 1 N–H and O–H groups in total. The van der Waals surface area contributed by atoms with E-state index in [0.29, 0.717) is 33.8 Å². The van der Waals surface area contributed by atoms with E-state index < -0.39 is 10.0 Å². The molecule has 7 nitrogen and oxygen atoms in total. The zero-order valence-corrected chi connectivity index (χ0v) is 15.3. The average molecular weight is 374 g/mol. The summed E-state index contributed by atoms with van der Waals surface area (Å²) in [5, 5.41) is 0.635. The van der Waals surface area contributed by atoms with Crippen LogP contribution in [-0.4, -0.2) is 34.7 Å². The van der Waals surface area contributed by atoms with Crippen LogP contribution >= 0.6 is 0 Å². The van der Waals surface area contributed by atoms with Crippen LogP contribution in [0, 0.1) is 0 Å². The number of hydrogen-bond acceptors (Lipinski definition) is 6. The van der Waals surface area contributed by atoms with Gasteiger partial charge < -0.3 is 14.2 Å². The zero-order valence-electron chi connectivity index (χ0n) is 14.5. The van der Waals surface area contributed by atoms with E-state index in [9.17, 15) is 8.42 Å². The highest BCUT2D eigenvalue weighted by atomic mass is 32.2. The number of benzene rings is 2. The molecule has 136 valence electrons. The number of nitrogens with one attached hydrogen (secondary N) is 1. The fourth-order valence-electron chi connectivity index (χ4n) is 2.59. The summed E-state index contributed by atoms with van der Waals surface area (Å²) >= 11 is 0. The highest BCUT2D eigenvalue weighted by molar-refractivity contribution is 7.92. The molecule has 8 heteroatoms. The molecular weight excluding hydrogens is 356 g/mol. The van der Waals surface area contributed by atoms with Crippen molar-refractivity contribution < 1.29 is 22.6 Å². The molecule has 0 fully saturated rings. The molecule has 0 bridgehead atoms. The second kappa shape index (κ2) is 7.09. The molecule has 0 aliphatic carbocycles. The first-order valence-corrected chi connectivity index (χ1v) is 9.15. The number of sulfonamides is 1. The Morgan fingerprint density at radius 1 is 0.885 bits per heavy atom. The quantitative estimate of drug-likeness (QED) is 0.714. The summed E-state index contributed by atoms with van der Waals surface area (Å²) < 4.78 is 43.8. The number of methoxy groups -OCH3 is 3. The van der Waals surface area contributed by atoms with Crippen LogP contribution in [-0.2, 0) is 10.0 Å². The molecule has 1 aromatic heterocycles. The number of hydrogen-bond donors (Lipinski definition) is 1. The van der Waals surface area contributed by atoms with Gasteiger partial charge in [0.15, 0.2) is 11.5 Å². The van der Waals surface area contributed by atoms with Crippen molar-refractivity contribution in [1.29, 1.82) is 0 Å². The topological polar surface area (TPSA) is 86.8 Å². The number of fused-ring (bicyclic) bond motifs is 1. The highest BCUT2D eigenvalue weighted by Gasteiger charge is 2.19. The van der Waals surface area contributed by atoms with Crippen molar-refractivity contribution in [2.75, 3.05) is 26.1 Å². The van der Waals surface area contributed by atoms with Crippen molar-refractivity contribution in [3.63, 3.8) is 0 Å². The standard InChI is InChI=1S/C18H18N2O5S/c1-23-15-8-6-12(11-17(15)25-3)26(21,22)20-14-7-9-16(24-2)18-13(14)5-4-10-19-18/h4-11,20H,1-3H3. The second-order valence-corrected chi connectivity index (χ2v) is 7.02. The molecule has 0 spiro atoms. The van der Waals surface area contributed by atoms with E-state index in [1.807, 2.05) is 0 Å². The fourth-order valence-corrected chi connectivity index (χ4v) is 3.68. The Labute approximate surface area is 151 Å². The van der Waals surface area contributed by atoms with Crippen LogP contribution in [0.2, 0.25) is 0 Å². The van der Waals surface area contributed by atoms with Crippen LogP contribution in [0.5, 0.6) is 17.2 Å². The zero-order chi connectivity index (χ0) is 18.7. The molecule has 0 atom stereocenters. The summed E-state index contributed by atoms with van der Waals surface area (Å²) in [4.78, 5) is 4.33. The first-order valence-electron chi connectivity index (χ1n) is 7.66. The lowest BCUT2D eigenvalue weighted by Gasteiger charge is -2.14. The Bertz CT molecular complexity index is 1050. The van der Waals surface area contributed by atoms with Crippen molar-refractivity contribution in [3.05, 3.63) is 48.7 Å². The van der Waals surface area contributed by atoms with Gasteiger partial charge in [0.25, 0.3) is 10.0 Å². The van der Waals surface area contributed by atoms with E-state index in [1.54, 1.807) is 36.5 Å². The second-order valence-electron chi connectivity index (χ2n) is 5.34. The summed E-state index contributed by atoms with van der Waals surface area (Å²) in [6, 6.07) is 11.2. The molecular formula is C18H18N2O5S. The van der Waals surface area contributed by atoms with Crippen LogP contribution in [0.4, 0.5) is 5.69 Å². The van der Waals surface area contributed by atoms with E-state index in [1.165, 1.54) is 33.5 Å². The van der Waals surface area contributed by atoms with Gasteiger partial charge in [-0.1, -0.05) is 0 Å². The van der Waals surface area contributed by atoms with Gasteiger partial charge in [-0.15, -0.1) is 0 Å². The lowest BCUT2D eigenvalue weighted by molar-refractivity contribution is 0.354. The van der Waals surface area contributed by atoms with Crippen LogP contribution in [0.25, 0.3) is 10.9 Å². The van der Waals surface area contributed by atoms with Crippen molar-refractivity contribution in [2.24, 2.45) is 0 Å². The highest BCUT2D eigenvalue weighted by Crippen LogP contribution is 2.33. The van der Waals surface area contributed by atoms with Crippen LogP contribution in [0.15, 0.2) is 53.6 Å². The average Bonchev–Trinajstić information content (AvgIpc) is 2.67. The fraction of sp³-hybridized carbons (Fsp3) is 0.167. The predicted octanol–water partition coefficient (Wildman–Crippen LogP) is 3.06. The lowest BCUT2D eigenvalue weighted by Crippen LogP contribution is -2.13. The van der Waals surface area contributed by atoms with E-state index in [4.69, 9.17) is 14.2 Å². The molecule has 0 aliphatic rings. The molecule has 0 unspecified atom stereocenters. The number of nitrogens with zero attached hydrogens (tertiary/aromatic N) is 1. The van der Waals surface area contributed by atoms with Crippen molar-refractivity contribution >= 4 is 26.6 Å². The summed E-state index contributed by atoms with van der Waals surface area (Å²) in [6.07, 6.45) is 1.62. The molecule has 0 aliphatic heterocycles. The predicted molar refractivity (Wildman–Crippen MR) is 98.6 cm³/mol. The van der Waals surface area contributed by atoms with E-state index in [-0.39, 0.29) is 4.90 Å². The molecule has 1 heterocycles. The maximum absolute atomic E-state index is 12.8. The molecule has 3 aromatic rings. The molecule has 2 aromatic carbocycles. The van der Waals surface area contributed by atoms with Gasteiger partial charge in [-0.3, -0.25) is 9.71 Å². The van der Waals surface area contributed by atoms with Gasteiger partial charge >= 0.3 is 0 Å². The van der Waals surface area contributed by atoms with Crippen LogP contribution < -0.4 is 18.9 Å². The maximum atomic E-state index is 12.8. The Morgan fingerprint density at radius 2 is 1.58 bits per heavy atom. The maximum Gasteiger partial charge on any atom is 0.262 e. The minimum atomic E-state index is -3.84. The van der Waals surface area contributed by atoms with E-state index >= 15 is 0 Å². The SMILES string of the molecule is COc1ccc(S(=O)(=O)Nc2ccc(OC)c3ncccc23)cc1OC. The first-order chi connectivity index (χ1) is 12.5. The van der Waals surface area contributed by atoms with Crippen molar-refractivity contribution in [2.45, 2.75) is 4.90 Å². The molecule has 26 heavy (non-hydrogen) atoms. The van der Waals surface area contributed by atoms with Crippen molar-refractivity contribution in [1.82, 2.24) is 4.98 Å². The molecule has 3 rings (SSSR count). The van der Waals surface area contributed by atoms with Crippen LogP contribution in [0.1, 0.15) is 0 Å². The molecule has 0 saturated carbocycles. The Morgan fingerprint density at radius 3 is 2.27 bits per heavy atom. The number of rotatable bonds is 6. The molecule has 0 amide bonds. The van der Waals surface area contributed by atoms with Gasteiger partial charge in [-0.2, -0.15) is 0 Å². The Kier molecular flexibility index (Phi) is 4.85. The monoisotopic (exact) mass is 374 g/mol. The normalized spacial score (nSPS) is 11.2. The van der Waals surface area contributed by atoms with Gasteiger partial charge in [0.2, 0.25) is 0 Å². The third-order valence-electron chi connectivity index (χ3n) is 3.86. The van der Waals surface area contributed by atoms with Gasteiger partial charge in [0, 0.05) is 17.6 Å². The van der Waals surface area contributed by atoms with E-state index in [2.05, 4.69) is 9.71 Å². The first kappa shape index (κ1) is 17.8. The third kappa shape index (κ3) is 3.23. The lowest BCUT2D eigenvalue weighted by atomic mass is 10.2. The Balaban J connectivity index is 2.05. The largest absolute Gasteiger partial charge is 0.494 e. The number of anilines is 1. The van der Waals surface area contributed by atoms with Gasteiger partial charge in [0.1, 0.15) is 11.3 Å². The molecule has 0 saturated heterocycles. The minimum Gasteiger partial charge on any atom is -0.494 e. The summed E-state index contributed by atoms with van der Waals surface area (Å²) in [7, 11) is 0.638. The number of aromatic nitrogens is 1. The van der Waals surface area contributed by atoms with Crippen molar-refractivity contribution in [3.8, 4) is 17.2 Å². The summed E-state index contributed by atoms with van der Waals surface area (Å²) in [6.45, 7) is 0. The third-order valence-corrected chi connectivity index (χ3v) is 5.23. The van der Waals surface area contributed by atoms with Gasteiger partial charge in [-0.25, -0.2) is 8.42 Å². The Hall–Kier alpha value is -3.00. The van der Waals surface area contributed by atoms with Gasteiger partial charge in [0.05, 0.1) is 31.9 Å². The number of pyridine rings is 1. The van der Waals surface area contributed by atoms with Gasteiger partial charge in [-0.05, 0) is 36.4 Å². The van der Waals surface area contributed by atoms with Crippen LogP contribution in [0.3, 0.4) is 0 Å². The number of ether oxygens (including phenoxy) is 3. The summed E-state index contributed by atoms with van der Waals surface area (Å²) in [5.41, 5.74) is 0.978.